The Morgan fingerprint density at radius 1 is 0.500 bits per heavy atom. The highest BCUT2D eigenvalue weighted by molar-refractivity contribution is 14.4. The number of hydrogen-bond acceptors (Lipinski definition) is 0. The fraction of sp³-hybridized carbons (Fsp3) is 0. The van der Waals surface area contributed by atoms with Gasteiger partial charge in [-0.3, -0.25) is 0 Å². The lowest BCUT2D eigenvalue weighted by Gasteiger charge is -1.59. The summed E-state index contributed by atoms with van der Waals surface area (Å²) in [6.07, 6.45) is 0. The van der Waals surface area contributed by atoms with Gasteiger partial charge < -0.3 is 32.9 Å². The third-order valence-electron chi connectivity index (χ3n) is 0. The first-order valence-electron chi connectivity index (χ1n) is 0.655. The molecule has 0 spiro atoms. The standard InChI is InChI=1S/Al.3HI.6H2O/h;3*1H;6*1H2/q+3;;;;;;;;;/p-3. The fourth-order valence-electron chi connectivity index (χ4n) is 0. The summed E-state index contributed by atoms with van der Waals surface area (Å²) >= 11 is 7.37. The topological polar surface area (TPSA) is 189 Å². The van der Waals surface area contributed by atoms with E-state index >= 15 is 0 Å². The van der Waals surface area contributed by atoms with Gasteiger partial charge in [0.05, 0.1) is 0 Å². The van der Waals surface area contributed by atoms with Gasteiger partial charge >= 0.3 is 4.30 Å². The van der Waals surface area contributed by atoms with Crippen LogP contribution in [0.3, 0.4) is 0 Å². The van der Waals surface area contributed by atoms with Crippen molar-refractivity contribution >= 4 is 65.1 Å². The van der Waals surface area contributed by atoms with Gasteiger partial charge in [0.2, 0.25) is 0 Å². The second kappa shape index (κ2) is 42.0. The number of halogens is 3. The molecule has 0 radical (unpaired) electrons. The summed E-state index contributed by atoms with van der Waals surface area (Å²) in [5.74, 6) is 0. The zero-order chi connectivity index (χ0) is 3.58. The maximum atomic E-state index is 2.46. The van der Waals surface area contributed by atoms with Crippen molar-refractivity contribution in [3.8, 4) is 0 Å². The van der Waals surface area contributed by atoms with Crippen LogP contribution in [0.1, 0.15) is 0 Å². The smallest absolute Gasteiger partial charge is 0.412 e. The Morgan fingerprint density at radius 3 is 0.500 bits per heavy atom. The third kappa shape index (κ3) is 153. The largest absolute Gasteiger partial charge is 0.524 e. The molecule has 0 fully saturated rings. The van der Waals surface area contributed by atoms with Crippen LogP contribution in [0.5, 0.6) is 0 Å². The molecule has 12 N–H and O–H groups in total. The number of hydrogen-bond donors (Lipinski definition) is 0. The van der Waals surface area contributed by atoms with E-state index in [-0.39, 0.29) is 37.2 Å². The van der Waals surface area contributed by atoms with Crippen LogP contribution in [-0.2, 0) is 0 Å². The van der Waals surface area contributed by atoms with Crippen LogP contribution >= 0.6 is 60.8 Å². The third-order valence-corrected chi connectivity index (χ3v) is 0. The molecule has 0 rings (SSSR count). The second-order valence-electron chi connectivity index (χ2n) is 0.247. The van der Waals surface area contributed by atoms with E-state index in [0.29, 0.717) is 0 Å². The van der Waals surface area contributed by atoms with Crippen LogP contribution in [-0.4, -0.2) is 37.2 Å². The molecule has 0 aliphatic rings. The van der Waals surface area contributed by atoms with E-state index < -0.39 is 0 Å². The molecule has 0 unspecified atom stereocenters. The van der Waals surface area contributed by atoms with Crippen LogP contribution in [0.4, 0.5) is 0 Å². The summed E-state index contributed by atoms with van der Waals surface area (Å²) in [6.45, 7) is 0. The summed E-state index contributed by atoms with van der Waals surface area (Å²) in [4.78, 5) is 0. The first-order chi connectivity index (χ1) is 1.73. The molecule has 0 aromatic heterocycles. The van der Waals surface area contributed by atoms with Gasteiger partial charge in [0.25, 0.3) is 0 Å². The van der Waals surface area contributed by atoms with E-state index in [1.807, 2.05) is 0 Å². The minimum absolute atomic E-state index is 0. The van der Waals surface area contributed by atoms with Crippen molar-refractivity contribution in [3.05, 3.63) is 0 Å². The van der Waals surface area contributed by atoms with Crippen molar-refractivity contribution in [3.63, 3.8) is 0 Å². The molecule has 0 aromatic rings. The van der Waals surface area contributed by atoms with Crippen LogP contribution in [0.15, 0.2) is 0 Å². The predicted molar refractivity (Wildman–Crippen MR) is 69.5 cm³/mol. The Kier molecular flexibility index (Phi) is 230. The maximum Gasteiger partial charge on any atom is 0.524 e. The van der Waals surface area contributed by atoms with Gasteiger partial charge in [-0.25, -0.2) is 0 Å². The van der Waals surface area contributed by atoms with Gasteiger partial charge in [-0.2, -0.15) is 60.8 Å². The van der Waals surface area contributed by atoms with Gasteiger partial charge in [0.15, 0.2) is 0 Å². The lowest BCUT2D eigenvalue weighted by molar-refractivity contribution is 0.823. The monoisotopic (exact) mass is 516 g/mol. The highest BCUT2D eigenvalue weighted by Crippen LogP contribution is 2.10. The first-order valence-corrected chi connectivity index (χ1v) is 13.2. The Balaban J connectivity index is -0.00000000300. The fourth-order valence-corrected chi connectivity index (χ4v) is 0. The average Bonchev–Trinajstić information content (AvgIpc) is 0.811. The summed E-state index contributed by atoms with van der Waals surface area (Å²) < 4.78 is -0.229. The Bertz CT molecular complexity index is 17.7. The highest BCUT2D eigenvalue weighted by atomic mass is 127. The van der Waals surface area contributed by atoms with Crippen LogP contribution < -0.4 is 0 Å². The molecule has 6 nitrogen and oxygen atoms in total. The molecule has 0 bridgehead atoms. The summed E-state index contributed by atoms with van der Waals surface area (Å²) in [5.41, 5.74) is 0. The summed E-state index contributed by atoms with van der Waals surface area (Å²) in [7, 11) is 0. The molecule has 0 saturated heterocycles. The Labute approximate surface area is 96.4 Å². The average molecular weight is 516 g/mol. The van der Waals surface area contributed by atoms with Crippen LogP contribution in [0.25, 0.3) is 0 Å². The van der Waals surface area contributed by atoms with Gasteiger partial charge in [-0.1, -0.05) is 0 Å². The minimum Gasteiger partial charge on any atom is -0.412 e. The van der Waals surface area contributed by atoms with E-state index in [9.17, 15) is 0 Å². The van der Waals surface area contributed by atoms with Crippen molar-refractivity contribution in [2.45, 2.75) is 0 Å². The van der Waals surface area contributed by atoms with Crippen molar-refractivity contribution in [1.82, 2.24) is 0 Å². The van der Waals surface area contributed by atoms with E-state index in [1.54, 1.807) is 0 Å². The second-order valence-corrected chi connectivity index (χ2v) is 33.4. The maximum absolute atomic E-state index is 2.46. The van der Waals surface area contributed by atoms with Crippen LogP contribution in [0, 0.1) is 0 Å². The molecule has 0 atom stereocenters. The molecule has 0 heterocycles. The van der Waals surface area contributed by atoms with Crippen molar-refractivity contribution < 1.29 is 32.9 Å². The molecular weight excluding hydrogens is 504 g/mol. The number of rotatable bonds is 0. The Morgan fingerprint density at radius 2 is 0.500 bits per heavy atom. The molecule has 0 aliphatic heterocycles. The predicted octanol–water partition coefficient (Wildman–Crippen LogP) is -2.67. The quantitative estimate of drug-likeness (QED) is 0.240. The normalized spacial score (nSPS) is 2.70. The molecular formula is H12AlI3O6. The molecule has 0 aliphatic carbocycles. The van der Waals surface area contributed by atoms with Crippen molar-refractivity contribution in [2.75, 3.05) is 0 Å². The molecule has 0 saturated carbocycles. The zero-order valence-corrected chi connectivity index (χ0v) is 12.3. The van der Waals surface area contributed by atoms with Gasteiger partial charge in [-0.05, 0) is 0 Å². The van der Waals surface area contributed by atoms with E-state index in [4.69, 9.17) is 0 Å². The lowest BCUT2D eigenvalue weighted by Crippen LogP contribution is -1.59. The van der Waals surface area contributed by atoms with Gasteiger partial charge in [0.1, 0.15) is 0 Å². The zero-order valence-electron chi connectivity index (χ0n) is 4.71. The van der Waals surface area contributed by atoms with Crippen molar-refractivity contribution in [2.24, 2.45) is 0 Å². The lowest BCUT2D eigenvalue weighted by atomic mass is 16.0. The molecule has 0 amide bonds. The summed E-state index contributed by atoms with van der Waals surface area (Å²) in [5, 5.41) is 0. The molecule has 72 valence electrons. The molecule has 0 aromatic carbocycles. The first kappa shape index (κ1) is 54.8. The highest BCUT2D eigenvalue weighted by Gasteiger charge is 1.94. The van der Waals surface area contributed by atoms with E-state index in [1.165, 1.54) is 0 Å². The molecule has 10 heavy (non-hydrogen) atoms. The Hall–Kier alpha value is 2.48. The SMILES string of the molecule is O.O.O.O.O.O.[I][Al]([I])[I]. The van der Waals surface area contributed by atoms with Crippen LogP contribution in [0.2, 0.25) is 0 Å². The van der Waals surface area contributed by atoms with Gasteiger partial charge in [-0.15, -0.1) is 0 Å². The molecule has 10 heteroatoms. The minimum atomic E-state index is -0.229. The van der Waals surface area contributed by atoms with Crippen molar-refractivity contribution in [1.29, 1.82) is 0 Å². The summed E-state index contributed by atoms with van der Waals surface area (Å²) in [6, 6.07) is 0. The van der Waals surface area contributed by atoms with E-state index in [0.717, 1.165) is 0 Å². The van der Waals surface area contributed by atoms with E-state index in [2.05, 4.69) is 60.8 Å². The van der Waals surface area contributed by atoms with Gasteiger partial charge in [0, 0.05) is 0 Å².